The van der Waals surface area contributed by atoms with Crippen LogP contribution in [0, 0.1) is 27.7 Å². The van der Waals surface area contributed by atoms with E-state index in [4.69, 9.17) is 9.15 Å². The number of ether oxygens (including phenoxy) is 1. The van der Waals surface area contributed by atoms with Crippen molar-refractivity contribution in [3.63, 3.8) is 0 Å². The molecule has 0 spiro atoms. The number of nitrogens with zero attached hydrogens (tertiary/aromatic N) is 2. The lowest BCUT2D eigenvalue weighted by molar-refractivity contribution is -0.0457. The van der Waals surface area contributed by atoms with E-state index in [0.29, 0.717) is 11.1 Å². The Morgan fingerprint density at radius 1 is 1.09 bits per heavy atom. The van der Waals surface area contributed by atoms with Crippen LogP contribution in [0.15, 0.2) is 21.5 Å². The average Bonchev–Trinajstić information content (AvgIpc) is 3.39. The Bertz CT molecular complexity index is 1210. The lowest BCUT2D eigenvalue weighted by atomic mass is 9.86. The molecule has 184 valence electrons. The minimum atomic E-state index is -0.825. The molecule has 7 nitrogen and oxygen atoms in total. The maximum absolute atomic E-state index is 12.7. The summed E-state index contributed by atoms with van der Waals surface area (Å²) in [6.45, 7) is 10.6. The van der Waals surface area contributed by atoms with E-state index in [0.717, 1.165) is 12.0 Å². The number of aliphatic hydroxyl groups is 2. The summed E-state index contributed by atoms with van der Waals surface area (Å²) in [5.74, 6) is 0.694. The maximum Gasteiger partial charge on any atom is 0.353 e. The van der Waals surface area contributed by atoms with Crippen LogP contribution in [0.2, 0.25) is 0 Å². The van der Waals surface area contributed by atoms with Gasteiger partial charge in [0.2, 0.25) is 5.71 Å². The summed E-state index contributed by atoms with van der Waals surface area (Å²) in [7, 11) is 0. The van der Waals surface area contributed by atoms with Gasteiger partial charge in [0.05, 0.1) is 18.1 Å². The zero-order valence-electron chi connectivity index (χ0n) is 20.9. The van der Waals surface area contributed by atoms with Crippen molar-refractivity contribution in [1.29, 1.82) is 0 Å². The van der Waals surface area contributed by atoms with Crippen molar-refractivity contribution in [1.82, 2.24) is 9.55 Å². The van der Waals surface area contributed by atoms with Crippen molar-refractivity contribution >= 4 is 11.1 Å². The quantitative estimate of drug-likeness (QED) is 0.467. The van der Waals surface area contributed by atoms with Crippen LogP contribution in [0.5, 0.6) is 0 Å². The first-order valence-corrected chi connectivity index (χ1v) is 12.3. The Morgan fingerprint density at radius 3 is 2.41 bits per heavy atom. The monoisotopic (exact) mass is 468 g/mol. The standard InChI is InChI=1S/C27H36N2O5/c1-6-7-8-9-10-20-15(2)17(4)25(18(5)16(20)3)22-11-19-13-29(27(32)28-26(19)34-22)24-12-21(31)23(14-30)33-24/h11,13,21,23-24,30-31H,6-10,12,14H2,1-5H3. The van der Waals surface area contributed by atoms with E-state index in [1.165, 1.54) is 58.1 Å². The van der Waals surface area contributed by atoms with Gasteiger partial charge in [0, 0.05) is 18.2 Å². The third-order valence-corrected chi connectivity index (χ3v) is 7.44. The fraction of sp³-hybridized carbons (Fsp3) is 0.556. The molecule has 1 aliphatic heterocycles. The molecule has 1 fully saturated rings. The van der Waals surface area contributed by atoms with Crippen LogP contribution in [0.25, 0.3) is 22.4 Å². The summed E-state index contributed by atoms with van der Waals surface area (Å²) >= 11 is 0. The van der Waals surface area contributed by atoms with Crippen molar-refractivity contribution in [2.24, 2.45) is 0 Å². The van der Waals surface area contributed by atoms with Gasteiger partial charge in [0.15, 0.2) is 0 Å². The number of rotatable bonds is 8. The Kier molecular flexibility index (Phi) is 7.26. The Labute approximate surface area is 200 Å². The highest BCUT2D eigenvalue weighted by Crippen LogP contribution is 2.37. The largest absolute Gasteiger partial charge is 0.437 e. The van der Waals surface area contributed by atoms with Gasteiger partial charge < -0.3 is 19.4 Å². The number of aromatic nitrogens is 2. The molecule has 2 N–H and O–H groups in total. The van der Waals surface area contributed by atoms with Crippen molar-refractivity contribution in [3.05, 3.63) is 50.6 Å². The molecular weight excluding hydrogens is 432 g/mol. The highest BCUT2D eigenvalue weighted by atomic mass is 16.5. The smallest absolute Gasteiger partial charge is 0.353 e. The normalized spacial score (nSPS) is 20.5. The molecule has 1 saturated heterocycles. The van der Waals surface area contributed by atoms with Gasteiger partial charge in [-0.3, -0.25) is 4.57 Å². The zero-order valence-corrected chi connectivity index (χ0v) is 20.9. The first-order chi connectivity index (χ1) is 16.3. The molecule has 7 heteroatoms. The summed E-state index contributed by atoms with van der Waals surface area (Å²) in [5, 5.41) is 20.1. The van der Waals surface area contributed by atoms with Gasteiger partial charge in [-0.15, -0.1) is 0 Å². The van der Waals surface area contributed by atoms with Crippen LogP contribution in [0.1, 0.15) is 73.1 Å². The number of fused-ring (bicyclic) bond motifs is 1. The molecule has 3 atom stereocenters. The molecule has 2 aromatic heterocycles. The summed E-state index contributed by atoms with van der Waals surface area (Å²) < 4.78 is 13.1. The molecule has 0 saturated carbocycles. The zero-order chi connectivity index (χ0) is 24.6. The summed E-state index contributed by atoms with van der Waals surface area (Å²) in [4.78, 5) is 16.8. The van der Waals surface area contributed by atoms with Crippen LogP contribution in [0.3, 0.4) is 0 Å². The Balaban J connectivity index is 1.71. The maximum atomic E-state index is 12.7. The Hall–Kier alpha value is -2.48. The second-order valence-electron chi connectivity index (χ2n) is 9.58. The minimum absolute atomic E-state index is 0.222. The lowest BCUT2D eigenvalue weighted by Gasteiger charge is -2.19. The molecule has 0 amide bonds. The molecule has 0 radical (unpaired) electrons. The van der Waals surface area contributed by atoms with Gasteiger partial charge in [-0.1, -0.05) is 26.2 Å². The molecule has 3 unspecified atom stereocenters. The molecule has 3 heterocycles. The molecule has 3 aromatic rings. The van der Waals surface area contributed by atoms with Crippen molar-refractivity contribution < 1.29 is 19.4 Å². The topological polar surface area (TPSA) is 97.7 Å². The first kappa shape index (κ1) is 24.6. The van der Waals surface area contributed by atoms with Crippen LogP contribution in [-0.2, 0) is 11.2 Å². The van der Waals surface area contributed by atoms with E-state index < -0.39 is 24.1 Å². The second kappa shape index (κ2) is 10.0. The van der Waals surface area contributed by atoms with E-state index in [2.05, 4.69) is 39.6 Å². The number of aliphatic hydroxyl groups excluding tert-OH is 2. The lowest BCUT2D eigenvalue weighted by Crippen LogP contribution is -2.27. The van der Waals surface area contributed by atoms with Crippen molar-refractivity contribution in [2.75, 3.05) is 6.61 Å². The van der Waals surface area contributed by atoms with Crippen molar-refractivity contribution in [3.8, 4) is 11.3 Å². The minimum Gasteiger partial charge on any atom is -0.437 e. The summed E-state index contributed by atoms with van der Waals surface area (Å²) in [5.41, 5.74) is 7.23. The average molecular weight is 469 g/mol. The SMILES string of the molecule is CCCCCCc1c(C)c(C)c(-c2cc3cn(C4CC(O)C(CO)O4)c(=O)nc3o2)c(C)c1C. The number of hydrogen-bond donors (Lipinski definition) is 2. The van der Waals surface area contributed by atoms with Gasteiger partial charge in [-0.05, 0) is 74.4 Å². The molecule has 1 aromatic carbocycles. The summed E-state index contributed by atoms with van der Waals surface area (Å²) in [6, 6.07) is 1.92. The Morgan fingerprint density at radius 2 is 1.79 bits per heavy atom. The second-order valence-corrected chi connectivity index (χ2v) is 9.58. The molecule has 1 aliphatic rings. The van der Waals surface area contributed by atoms with E-state index in [1.807, 2.05) is 6.07 Å². The number of unbranched alkanes of at least 4 members (excludes halogenated alkanes) is 3. The van der Waals surface area contributed by atoms with Gasteiger partial charge in [0.25, 0.3) is 0 Å². The molecule has 4 rings (SSSR count). The predicted molar refractivity (Wildman–Crippen MR) is 132 cm³/mol. The van der Waals surface area contributed by atoms with Crippen LogP contribution < -0.4 is 5.69 Å². The molecule has 0 aliphatic carbocycles. The van der Waals surface area contributed by atoms with Gasteiger partial charge >= 0.3 is 5.69 Å². The van der Waals surface area contributed by atoms with Gasteiger partial charge in [0.1, 0.15) is 18.1 Å². The van der Waals surface area contributed by atoms with Gasteiger partial charge in [-0.2, -0.15) is 4.98 Å². The first-order valence-electron chi connectivity index (χ1n) is 12.3. The third-order valence-electron chi connectivity index (χ3n) is 7.44. The van der Waals surface area contributed by atoms with Crippen LogP contribution in [-0.4, -0.2) is 38.6 Å². The fourth-order valence-corrected chi connectivity index (χ4v) is 5.17. The number of benzene rings is 1. The molecular formula is C27H36N2O5. The third kappa shape index (κ3) is 4.44. The van der Waals surface area contributed by atoms with Crippen LogP contribution >= 0.6 is 0 Å². The highest BCUT2D eigenvalue weighted by molar-refractivity contribution is 5.82. The fourth-order valence-electron chi connectivity index (χ4n) is 5.17. The van der Waals surface area contributed by atoms with Gasteiger partial charge in [-0.25, -0.2) is 4.79 Å². The highest BCUT2D eigenvalue weighted by Gasteiger charge is 2.35. The summed E-state index contributed by atoms with van der Waals surface area (Å²) in [6.07, 6.45) is 5.73. The van der Waals surface area contributed by atoms with E-state index >= 15 is 0 Å². The van der Waals surface area contributed by atoms with Crippen LogP contribution in [0.4, 0.5) is 0 Å². The van der Waals surface area contributed by atoms with E-state index in [9.17, 15) is 15.0 Å². The molecule has 0 bridgehead atoms. The van der Waals surface area contributed by atoms with Crippen molar-refractivity contribution in [2.45, 2.75) is 91.6 Å². The predicted octanol–water partition coefficient (Wildman–Crippen LogP) is 4.65. The molecule has 34 heavy (non-hydrogen) atoms. The number of furan rings is 1. The van der Waals surface area contributed by atoms with E-state index in [1.54, 1.807) is 6.20 Å². The number of hydrogen-bond acceptors (Lipinski definition) is 6. The van der Waals surface area contributed by atoms with E-state index in [-0.39, 0.29) is 18.7 Å².